The zero-order valence-electron chi connectivity index (χ0n) is 27.1. The Bertz CT molecular complexity index is 3110. The number of benzene rings is 9. The fraction of sp³-hybridized carbons (Fsp3) is 0. The molecule has 0 amide bonds. The van der Waals surface area contributed by atoms with E-state index in [1.165, 1.54) is 102 Å². The van der Waals surface area contributed by atoms with Crippen LogP contribution in [0.1, 0.15) is 0 Å². The van der Waals surface area contributed by atoms with Crippen LogP contribution in [0.25, 0.3) is 102 Å². The molecule has 0 spiro atoms. The summed E-state index contributed by atoms with van der Waals surface area (Å²) in [6.45, 7) is 0. The lowest BCUT2D eigenvalue weighted by molar-refractivity contribution is 1.18. The molecular formula is C48H29NS. The molecule has 0 atom stereocenters. The Morgan fingerprint density at radius 1 is 0.300 bits per heavy atom. The molecule has 11 aromatic rings. The van der Waals surface area contributed by atoms with Crippen LogP contribution in [0.3, 0.4) is 0 Å². The molecule has 1 nitrogen and oxygen atoms in total. The fourth-order valence-electron chi connectivity index (χ4n) is 8.35. The van der Waals surface area contributed by atoms with Gasteiger partial charge in [0.2, 0.25) is 0 Å². The van der Waals surface area contributed by atoms with E-state index < -0.39 is 0 Å². The Balaban J connectivity index is 1.12. The van der Waals surface area contributed by atoms with Gasteiger partial charge in [0, 0.05) is 36.6 Å². The number of hydrogen-bond acceptors (Lipinski definition) is 1. The Morgan fingerprint density at radius 3 is 1.40 bits per heavy atom. The highest BCUT2D eigenvalue weighted by Crippen LogP contribution is 2.46. The third kappa shape index (κ3) is 3.94. The minimum absolute atomic E-state index is 1.18. The third-order valence-electron chi connectivity index (χ3n) is 10.6. The zero-order chi connectivity index (χ0) is 32.8. The molecule has 11 rings (SSSR count). The van der Waals surface area contributed by atoms with Crippen molar-refractivity contribution in [2.24, 2.45) is 0 Å². The van der Waals surface area contributed by atoms with E-state index in [4.69, 9.17) is 0 Å². The number of hydrogen-bond donors (Lipinski definition) is 0. The Hall–Kier alpha value is -6.22. The molecule has 0 bridgehead atoms. The van der Waals surface area contributed by atoms with Gasteiger partial charge >= 0.3 is 0 Å². The van der Waals surface area contributed by atoms with E-state index in [0.717, 1.165) is 0 Å². The summed E-state index contributed by atoms with van der Waals surface area (Å²) in [6, 6.07) is 64.8. The summed E-state index contributed by atoms with van der Waals surface area (Å²) in [4.78, 5) is 0. The van der Waals surface area contributed by atoms with Gasteiger partial charge in [0.05, 0.1) is 11.0 Å². The highest BCUT2D eigenvalue weighted by atomic mass is 32.1. The van der Waals surface area contributed by atoms with Crippen molar-refractivity contribution in [3.8, 4) is 27.9 Å². The molecule has 0 saturated carbocycles. The van der Waals surface area contributed by atoms with Crippen LogP contribution in [-0.2, 0) is 0 Å². The molecule has 0 saturated heterocycles. The number of aromatic nitrogens is 1. The first-order valence-corrected chi connectivity index (χ1v) is 18.0. The second-order valence-corrected chi connectivity index (χ2v) is 14.3. The van der Waals surface area contributed by atoms with Gasteiger partial charge in [0.1, 0.15) is 0 Å². The van der Waals surface area contributed by atoms with Gasteiger partial charge in [0.25, 0.3) is 0 Å². The minimum atomic E-state index is 1.18. The molecule has 0 aliphatic carbocycles. The van der Waals surface area contributed by atoms with Crippen LogP contribution in [0, 0.1) is 0 Å². The van der Waals surface area contributed by atoms with Gasteiger partial charge in [-0.05, 0) is 91.0 Å². The highest BCUT2D eigenvalue weighted by Gasteiger charge is 2.17. The maximum atomic E-state index is 2.42. The van der Waals surface area contributed by atoms with E-state index in [2.05, 4.69) is 180 Å². The van der Waals surface area contributed by atoms with Crippen LogP contribution < -0.4 is 0 Å². The zero-order valence-corrected chi connectivity index (χ0v) is 27.9. The normalized spacial score (nSPS) is 12.0. The molecule has 2 heterocycles. The van der Waals surface area contributed by atoms with E-state index in [1.54, 1.807) is 0 Å². The SMILES string of the molecule is c1ccc(-n2c3ccccc3c3cc(-c4cccc5c4sc4c(-c6ccc7c8ccccc8c8ccccc8c7c6)cccc45)ccc32)cc1. The summed E-state index contributed by atoms with van der Waals surface area (Å²) in [7, 11) is 0. The predicted molar refractivity (Wildman–Crippen MR) is 217 cm³/mol. The molecule has 232 valence electrons. The van der Waals surface area contributed by atoms with Crippen molar-refractivity contribution in [1.29, 1.82) is 0 Å². The molecule has 0 N–H and O–H groups in total. The van der Waals surface area contributed by atoms with Crippen molar-refractivity contribution < 1.29 is 0 Å². The quantitative estimate of drug-likeness (QED) is 0.168. The average molecular weight is 652 g/mol. The molecule has 0 fully saturated rings. The van der Waals surface area contributed by atoms with Crippen molar-refractivity contribution in [3.63, 3.8) is 0 Å². The van der Waals surface area contributed by atoms with E-state index in [0.29, 0.717) is 0 Å². The van der Waals surface area contributed by atoms with Gasteiger partial charge in [-0.25, -0.2) is 0 Å². The summed E-state index contributed by atoms with van der Waals surface area (Å²) in [6.07, 6.45) is 0. The molecule has 50 heavy (non-hydrogen) atoms. The molecule has 0 aliphatic rings. The Labute approximate surface area is 292 Å². The monoisotopic (exact) mass is 651 g/mol. The topological polar surface area (TPSA) is 4.93 Å². The van der Waals surface area contributed by atoms with Gasteiger partial charge in [-0.3, -0.25) is 0 Å². The third-order valence-corrected chi connectivity index (χ3v) is 11.9. The number of rotatable bonds is 3. The number of thiophene rings is 1. The summed E-state index contributed by atoms with van der Waals surface area (Å²) in [5, 5.41) is 13.0. The average Bonchev–Trinajstić information content (AvgIpc) is 3.74. The lowest BCUT2D eigenvalue weighted by Gasteiger charge is -2.12. The lowest BCUT2D eigenvalue weighted by Crippen LogP contribution is -1.92. The van der Waals surface area contributed by atoms with Gasteiger partial charge < -0.3 is 4.57 Å². The van der Waals surface area contributed by atoms with Crippen LogP contribution in [0.2, 0.25) is 0 Å². The van der Waals surface area contributed by atoms with E-state index >= 15 is 0 Å². The number of nitrogens with zero attached hydrogens (tertiary/aromatic N) is 1. The minimum Gasteiger partial charge on any atom is -0.309 e. The van der Waals surface area contributed by atoms with Crippen molar-refractivity contribution in [2.45, 2.75) is 0 Å². The van der Waals surface area contributed by atoms with Crippen molar-refractivity contribution in [3.05, 3.63) is 176 Å². The Kier molecular flexibility index (Phi) is 5.89. The number of fused-ring (bicyclic) bond motifs is 12. The summed E-state index contributed by atoms with van der Waals surface area (Å²) in [5.41, 5.74) is 8.71. The first-order valence-electron chi connectivity index (χ1n) is 17.2. The van der Waals surface area contributed by atoms with Crippen LogP contribution in [0.5, 0.6) is 0 Å². The molecule has 9 aromatic carbocycles. The molecule has 0 aliphatic heterocycles. The van der Waals surface area contributed by atoms with Crippen molar-refractivity contribution in [2.75, 3.05) is 0 Å². The second kappa shape index (κ2) is 10.6. The summed E-state index contributed by atoms with van der Waals surface area (Å²) < 4.78 is 5.05. The van der Waals surface area contributed by atoms with E-state index in [1.807, 2.05) is 11.3 Å². The summed E-state index contributed by atoms with van der Waals surface area (Å²) >= 11 is 1.92. The van der Waals surface area contributed by atoms with Crippen molar-refractivity contribution >= 4 is 85.6 Å². The first kappa shape index (κ1) is 27.7. The molecular weight excluding hydrogens is 623 g/mol. The van der Waals surface area contributed by atoms with Crippen LogP contribution in [-0.4, -0.2) is 4.57 Å². The predicted octanol–water partition coefficient (Wildman–Crippen LogP) is 13.9. The fourth-order valence-corrected chi connectivity index (χ4v) is 9.72. The molecule has 0 radical (unpaired) electrons. The van der Waals surface area contributed by atoms with Crippen LogP contribution in [0.15, 0.2) is 176 Å². The van der Waals surface area contributed by atoms with Crippen molar-refractivity contribution in [1.82, 2.24) is 4.57 Å². The van der Waals surface area contributed by atoms with Gasteiger partial charge in [-0.2, -0.15) is 0 Å². The lowest BCUT2D eigenvalue weighted by atomic mass is 9.92. The van der Waals surface area contributed by atoms with Gasteiger partial charge in [-0.15, -0.1) is 11.3 Å². The van der Waals surface area contributed by atoms with Crippen LogP contribution >= 0.6 is 11.3 Å². The maximum absolute atomic E-state index is 2.42. The second-order valence-electron chi connectivity index (χ2n) is 13.2. The Morgan fingerprint density at radius 2 is 0.760 bits per heavy atom. The van der Waals surface area contributed by atoms with E-state index in [9.17, 15) is 0 Å². The highest BCUT2D eigenvalue weighted by molar-refractivity contribution is 7.26. The molecule has 0 unspecified atom stereocenters. The summed E-state index contributed by atoms with van der Waals surface area (Å²) in [5.74, 6) is 0. The van der Waals surface area contributed by atoms with Crippen LogP contribution in [0.4, 0.5) is 0 Å². The van der Waals surface area contributed by atoms with Gasteiger partial charge in [-0.1, -0.05) is 140 Å². The molecule has 2 aromatic heterocycles. The largest absolute Gasteiger partial charge is 0.309 e. The first-order chi connectivity index (χ1) is 24.8. The molecule has 2 heteroatoms. The van der Waals surface area contributed by atoms with Gasteiger partial charge in [0.15, 0.2) is 0 Å². The van der Waals surface area contributed by atoms with E-state index in [-0.39, 0.29) is 0 Å². The maximum Gasteiger partial charge on any atom is 0.0541 e. The standard InChI is InChI=1S/C48H29NS/c1-2-12-32(13-3-1)49-45-23-9-8-18-40(45)44-29-31(25-27-46(44)49)34-20-11-22-42-41-21-10-19-33(47(41)50-48(34)42)30-24-26-39-37-16-5-4-14-35(37)36-15-6-7-17-38(36)43(39)28-30/h1-29H. The number of para-hydroxylation sites is 2. The smallest absolute Gasteiger partial charge is 0.0541 e.